The van der Waals surface area contributed by atoms with Gasteiger partial charge in [-0.25, -0.2) is 0 Å². The van der Waals surface area contributed by atoms with Gasteiger partial charge in [-0.2, -0.15) is 4.98 Å². The summed E-state index contributed by atoms with van der Waals surface area (Å²) in [5.41, 5.74) is -0.197. The van der Waals surface area contributed by atoms with Crippen molar-refractivity contribution in [2.24, 2.45) is 0 Å². The smallest absolute Gasteiger partial charge is 0.277 e. The first-order valence-corrected chi connectivity index (χ1v) is 4.93. The summed E-state index contributed by atoms with van der Waals surface area (Å²) < 4.78 is 0. The van der Waals surface area contributed by atoms with Crippen LogP contribution < -0.4 is 21.1 Å². The van der Waals surface area contributed by atoms with Gasteiger partial charge in [-0.3, -0.25) is 29.6 Å². The lowest BCUT2D eigenvalue weighted by Gasteiger charge is -2.12. The van der Waals surface area contributed by atoms with E-state index in [1.807, 2.05) is 0 Å². The zero-order valence-electron chi connectivity index (χ0n) is 9.33. The Hall–Kier alpha value is -2.38. The molecule has 1 aliphatic heterocycles. The predicted octanol–water partition coefficient (Wildman–Crippen LogP) is -0.536. The molecule has 0 saturated heterocycles. The van der Waals surface area contributed by atoms with Crippen LogP contribution in [0.4, 0.5) is 17.5 Å². The standard InChI is InChI=1S/C9H11N5O3/c1-4(15)11-9-12-7-6(8(17)13-9)10-3-14(7)5(2)16/h10H,3H2,1-2H3,(H2,11,12,13,15,17). The van der Waals surface area contributed by atoms with Crippen LogP contribution in [0.1, 0.15) is 13.8 Å². The van der Waals surface area contributed by atoms with Crippen LogP contribution in [0.2, 0.25) is 0 Å². The van der Waals surface area contributed by atoms with Gasteiger partial charge in [0.05, 0.1) is 6.67 Å². The van der Waals surface area contributed by atoms with E-state index in [0.29, 0.717) is 0 Å². The Morgan fingerprint density at radius 2 is 2.12 bits per heavy atom. The molecule has 0 radical (unpaired) electrons. The minimum absolute atomic E-state index is 0.0243. The molecule has 8 nitrogen and oxygen atoms in total. The quantitative estimate of drug-likeness (QED) is 0.608. The van der Waals surface area contributed by atoms with Gasteiger partial charge in [-0.15, -0.1) is 0 Å². The van der Waals surface area contributed by atoms with Crippen molar-refractivity contribution < 1.29 is 9.59 Å². The Kier molecular flexibility index (Phi) is 2.54. The molecule has 0 saturated carbocycles. The third-order valence-electron chi connectivity index (χ3n) is 2.24. The van der Waals surface area contributed by atoms with Crippen LogP contribution in [0.5, 0.6) is 0 Å². The van der Waals surface area contributed by atoms with Crippen LogP contribution in [0.25, 0.3) is 0 Å². The zero-order chi connectivity index (χ0) is 12.6. The fourth-order valence-corrected chi connectivity index (χ4v) is 1.54. The molecular weight excluding hydrogens is 226 g/mol. The average molecular weight is 237 g/mol. The van der Waals surface area contributed by atoms with Gasteiger partial charge in [0.2, 0.25) is 17.8 Å². The highest BCUT2D eigenvalue weighted by Crippen LogP contribution is 2.25. The van der Waals surface area contributed by atoms with Crippen molar-refractivity contribution in [3.05, 3.63) is 10.4 Å². The van der Waals surface area contributed by atoms with Crippen LogP contribution in [0.3, 0.4) is 0 Å². The number of H-pyrrole nitrogens is 1. The molecule has 17 heavy (non-hydrogen) atoms. The van der Waals surface area contributed by atoms with E-state index in [4.69, 9.17) is 0 Å². The summed E-state index contributed by atoms with van der Waals surface area (Å²) in [7, 11) is 0. The van der Waals surface area contributed by atoms with Crippen molar-refractivity contribution in [2.75, 3.05) is 22.2 Å². The second-order valence-corrected chi connectivity index (χ2v) is 3.58. The van der Waals surface area contributed by atoms with Crippen molar-refractivity contribution >= 4 is 29.3 Å². The van der Waals surface area contributed by atoms with Crippen molar-refractivity contribution in [1.29, 1.82) is 0 Å². The van der Waals surface area contributed by atoms with Gasteiger partial charge in [0.25, 0.3) is 5.56 Å². The number of nitrogens with one attached hydrogen (secondary N) is 3. The average Bonchev–Trinajstić information content (AvgIpc) is 2.60. The van der Waals surface area contributed by atoms with Crippen LogP contribution in [0.15, 0.2) is 4.79 Å². The largest absolute Gasteiger partial charge is 0.360 e. The molecule has 2 heterocycles. The molecule has 2 rings (SSSR count). The number of aromatic amines is 1. The summed E-state index contributed by atoms with van der Waals surface area (Å²) in [6.45, 7) is 2.87. The number of rotatable bonds is 1. The number of hydrogen-bond donors (Lipinski definition) is 3. The summed E-state index contributed by atoms with van der Waals surface area (Å²) in [4.78, 5) is 41.5. The number of hydrogen-bond acceptors (Lipinski definition) is 5. The van der Waals surface area contributed by atoms with E-state index in [2.05, 4.69) is 20.6 Å². The zero-order valence-corrected chi connectivity index (χ0v) is 9.33. The molecule has 0 bridgehead atoms. The van der Waals surface area contributed by atoms with E-state index in [9.17, 15) is 14.4 Å². The number of aromatic nitrogens is 2. The minimum atomic E-state index is -0.428. The van der Waals surface area contributed by atoms with Gasteiger partial charge >= 0.3 is 0 Å². The van der Waals surface area contributed by atoms with E-state index in [1.165, 1.54) is 18.7 Å². The molecule has 1 aliphatic rings. The number of amides is 2. The van der Waals surface area contributed by atoms with Crippen LogP contribution in [-0.4, -0.2) is 28.5 Å². The van der Waals surface area contributed by atoms with Gasteiger partial charge < -0.3 is 5.32 Å². The van der Waals surface area contributed by atoms with E-state index in [1.54, 1.807) is 0 Å². The minimum Gasteiger partial charge on any atom is -0.360 e. The highest BCUT2D eigenvalue weighted by atomic mass is 16.2. The maximum Gasteiger partial charge on any atom is 0.277 e. The highest BCUT2D eigenvalue weighted by Gasteiger charge is 2.26. The molecule has 2 amide bonds. The Labute approximate surface area is 96.0 Å². The predicted molar refractivity (Wildman–Crippen MR) is 60.8 cm³/mol. The van der Waals surface area contributed by atoms with Crippen LogP contribution >= 0.6 is 0 Å². The summed E-state index contributed by atoms with van der Waals surface area (Å²) >= 11 is 0. The molecule has 8 heteroatoms. The van der Waals surface area contributed by atoms with Crippen molar-refractivity contribution in [3.63, 3.8) is 0 Å². The number of anilines is 3. The summed E-state index contributed by atoms with van der Waals surface area (Å²) in [5, 5.41) is 5.13. The third kappa shape index (κ3) is 1.96. The lowest BCUT2D eigenvalue weighted by Crippen LogP contribution is -2.28. The maximum atomic E-state index is 11.6. The molecule has 0 aromatic carbocycles. The number of fused-ring (bicyclic) bond motifs is 1. The SMILES string of the molecule is CC(=O)Nc1nc2c(c(=O)[nH]1)NCN2C(C)=O. The van der Waals surface area contributed by atoms with Gasteiger partial charge in [-0.1, -0.05) is 0 Å². The van der Waals surface area contributed by atoms with E-state index in [-0.39, 0.29) is 35.9 Å². The van der Waals surface area contributed by atoms with Crippen LogP contribution in [0, 0.1) is 0 Å². The molecule has 1 aromatic heterocycles. The van der Waals surface area contributed by atoms with E-state index in [0.717, 1.165) is 0 Å². The first-order chi connectivity index (χ1) is 7.99. The van der Waals surface area contributed by atoms with Gasteiger partial charge in [-0.05, 0) is 0 Å². The second kappa shape index (κ2) is 3.89. The molecule has 1 aromatic rings. The molecule has 0 spiro atoms. The fourth-order valence-electron chi connectivity index (χ4n) is 1.54. The number of carbonyl (C=O) groups excluding carboxylic acids is 2. The number of carbonyl (C=O) groups is 2. The summed E-state index contributed by atoms with van der Waals surface area (Å²) in [6.07, 6.45) is 0. The van der Waals surface area contributed by atoms with Crippen molar-refractivity contribution in [3.8, 4) is 0 Å². The first-order valence-electron chi connectivity index (χ1n) is 4.93. The van der Waals surface area contributed by atoms with Crippen molar-refractivity contribution in [2.45, 2.75) is 13.8 Å². The Morgan fingerprint density at radius 1 is 1.41 bits per heavy atom. The lowest BCUT2D eigenvalue weighted by molar-refractivity contribution is -0.116. The fraction of sp³-hybridized carbons (Fsp3) is 0.333. The Balaban J connectivity index is 2.48. The molecule has 0 aliphatic carbocycles. The molecule has 3 N–H and O–H groups in total. The number of nitrogens with zero attached hydrogens (tertiary/aromatic N) is 2. The Morgan fingerprint density at radius 3 is 2.71 bits per heavy atom. The molecule has 0 atom stereocenters. The highest BCUT2D eigenvalue weighted by molar-refractivity contribution is 5.96. The maximum absolute atomic E-state index is 11.6. The van der Waals surface area contributed by atoms with Gasteiger partial charge in [0.1, 0.15) is 5.69 Å². The summed E-state index contributed by atoms with van der Waals surface area (Å²) in [6, 6.07) is 0. The topological polar surface area (TPSA) is 107 Å². The monoisotopic (exact) mass is 237 g/mol. The van der Waals surface area contributed by atoms with Crippen LogP contribution in [-0.2, 0) is 9.59 Å². The van der Waals surface area contributed by atoms with E-state index < -0.39 is 5.56 Å². The summed E-state index contributed by atoms with van der Waals surface area (Å²) in [5.74, 6) is -0.335. The second-order valence-electron chi connectivity index (χ2n) is 3.58. The molecular formula is C9H11N5O3. The molecule has 90 valence electrons. The molecule has 0 fully saturated rings. The van der Waals surface area contributed by atoms with E-state index >= 15 is 0 Å². The first kappa shape index (κ1) is 11.1. The Bertz CT molecular complexity index is 550. The lowest BCUT2D eigenvalue weighted by atomic mass is 10.4. The third-order valence-corrected chi connectivity index (χ3v) is 2.24. The van der Waals surface area contributed by atoms with Gasteiger partial charge in [0.15, 0.2) is 5.82 Å². The molecule has 0 unspecified atom stereocenters. The normalized spacial score (nSPS) is 12.9. The van der Waals surface area contributed by atoms with Crippen molar-refractivity contribution in [1.82, 2.24) is 9.97 Å². The van der Waals surface area contributed by atoms with Gasteiger partial charge in [0, 0.05) is 13.8 Å².